The first kappa shape index (κ1) is 18.3. The fourth-order valence-electron chi connectivity index (χ4n) is 4.30. The van der Waals surface area contributed by atoms with Crippen LogP contribution < -0.4 is 11.2 Å². The van der Waals surface area contributed by atoms with Crippen molar-refractivity contribution in [1.29, 1.82) is 0 Å². The number of hydrogen-bond donors (Lipinski definition) is 1. The Bertz CT molecular complexity index is 1300. The number of unbranched alkanes of at least 4 members (excludes halogenated alkanes) is 1. The average Bonchev–Trinajstić information content (AvgIpc) is 3.11. The lowest BCUT2D eigenvalue weighted by molar-refractivity contribution is 0.250. The lowest BCUT2D eigenvalue weighted by atomic mass is 10.0. The third kappa shape index (κ3) is 3.43. The molecule has 0 radical (unpaired) electrons. The molecule has 3 heterocycles. The second kappa shape index (κ2) is 7.61. The molecule has 0 spiro atoms. The summed E-state index contributed by atoms with van der Waals surface area (Å²) in [6, 6.07) is 15.9. The highest BCUT2D eigenvalue weighted by molar-refractivity contribution is 7.19. The summed E-state index contributed by atoms with van der Waals surface area (Å²) in [6.07, 6.45) is 2.89. The molecular formula is C23H23N3O2S. The van der Waals surface area contributed by atoms with E-state index < -0.39 is 0 Å². The molecule has 0 saturated carbocycles. The van der Waals surface area contributed by atoms with Gasteiger partial charge in [0.2, 0.25) is 0 Å². The first-order chi connectivity index (χ1) is 14.2. The number of fused-ring (bicyclic) bond motifs is 4. The van der Waals surface area contributed by atoms with E-state index in [-0.39, 0.29) is 11.2 Å². The maximum Gasteiger partial charge on any atom is 0.328 e. The number of hydrogen-bond acceptors (Lipinski definition) is 4. The van der Waals surface area contributed by atoms with Gasteiger partial charge in [0, 0.05) is 29.2 Å². The molecule has 5 rings (SSSR count). The number of rotatable bonds is 5. The summed E-state index contributed by atoms with van der Waals surface area (Å²) in [7, 11) is 0. The number of thiophene rings is 1. The Balaban J connectivity index is 1.22. The van der Waals surface area contributed by atoms with Gasteiger partial charge in [-0.3, -0.25) is 14.3 Å². The van der Waals surface area contributed by atoms with E-state index in [1.54, 1.807) is 12.1 Å². The molecule has 5 nitrogen and oxygen atoms in total. The van der Waals surface area contributed by atoms with E-state index in [4.69, 9.17) is 0 Å². The number of H-pyrrole nitrogens is 1. The SMILES string of the molecule is O=c1[nH]c2ccccc2c(=O)n1CCCCN1CCc2c(sc3ccccc23)C1. The summed E-state index contributed by atoms with van der Waals surface area (Å²) in [5.41, 5.74) is 1.61. The standard InChI is InChI=1S/C23H23N3O2S/c27-22-18-8-1-3-9-19(18)24-23(28)26(22)13-6-5-12-25-14-11-17-16-7-2-4-10-20(16)29-21(17)15-25/h1-4,7-10H,5-6,11-15H2,(H,24,28). The number of nitrogens with zero attached hydrogens (tertiary/aromatic N) is 2. The van der Waals surface area contributed by atoms with Gasteiger partial charge in [0.1, 0.15) is 0 Å². The lowest BCUT2D eigenvalue weighted by Crippen LogP contribution is -2.35. The molecule has 0 bridgehead atoms. The molecule has 29 heavy (non-hydrogen) atoms. The average molecular weight is 406 g/mol. The van der Waals surface area contributed by atoms with E-state index in [2.05, 4.69) is 34.1 Å². The highest BCUT2D eigenvalue weighted by atomic mass is 32.1. The van der Waals surface area contributed by atoms with Gasteiger partial charge in [-0.05, 0) is 55.0 Å². The summed E-state index contributed by atoms with van der Waals surface area (Å²) in [4.78, 5) is 31.7. The third-order valence-corrected chi connectivity index (χ3v) is 7.02. The van der Waals surface area contributed by atoms with Crippen molar-refractivity contribution in [2.75, 3.05) is 13.1 Å². The number of aromatic amines is 1. The second-order valence-corrected chi connectivity index (χ2v) is 8.80. The summed E-state index contributed by atoms with van der Waals surface area (Å²) in [5, 5.41) is 1.99. The molecule has 0 saturated heterocycles. The number of para-hydroxylation sites is 1. The summed E-state index contributed by atoms with van der Waals surface area (Å²) < 4.78 is 2.72. The van der Waals surface area contributed by atoms with Gasteiger partial charge in [-0.15, -0.1) is 11.3 Å². The van der Waals surface area contributed by atoms with Gasteiger partial charge < -0.3 is 4.98 Å². The van der Waals surface area contributed by atoms with Crippen LogP contribution in [0.5, 0.6) is 0 Å². The van der Waals surface area contributed by atoms with Crippen molar-refractivity contribution in [3.8, 4) is 0 Å². The Labute approximate surface area is 172 Å². The van der Waals surface area contributed by atoms with Crippen molar-refractivity contribution in [3.05, 3.63) is 79.8 Å². The van der Waals surface area contributed by atoms with Crippen LogP contribution in [-0.2, 0) is 19.5 Å². The van der Waals surface area contributed by atoms with Crippen molar-refractivity contribution >= 4 is 32.3 Å². The molecule has 0 amide bonds. The minimum Gasteiger partial charge on any atom is -0.307 e. The molecular weight excluding hydrogens is 382 g/mol. The van der Waals surface area contributed by atoms with Crippen LogP contribution in [0.25, 0.3) is 21.0 Å². The summed E-state index contributed by atoms with van der Waals surface area (Å²) >= 11 is 1.91. The number of aromatic nitrogens is 2. The Morgan fingerprint density at radius 1 is 0.931 bits per heavy atom. The van der Waals surface area contributed by atoms with Crippen LogP contribution in [0.15, 0.2) is 58.1 Å². The Kier molecular flexibility index (Phi) is 4.81. The van der Waals surface area contributed by atoms with Gasteiger partial charge in [0.25, 0.3) is 5.56 Å². The number of benzene rings is 2. The second-order valence-electron chi connectivity index (χ2n) is 7.67. The Hall–Kier alpha value is -2.70. The zero-order valence-electron chi connectivity index (χ0n) is 16.2. The predicted molar refractivity (Wildman–Crippen MR) is 119 cm³/mol. The van der Waals surface area contributed by atoms with Crippen LogP contribution in [0.2, 0.25) is 0 Å². The minimum absolute atomic E-state index is 0.197. The molecule has 0 fully saturated rings. The molecule has 0 unspecified atom stereocenters. The molecule has 4 aromatic rings. The maximum absolute atomic E-state index is 12.6. The quantitative estimate of drug-likeness (QED) is 0.515. The highest BCUT2D eigenvalue weighted by Crippen LogP contribution is 2.35. The smallest absolute Gasteiger partial charge is 0.307 e. The van der Waals surface area contributed by atoms with Crippen molar-refractivity contribution < 1.29 is 0 Å². The van der Waals surface area contributed by atoms with Gasteiger partial charge >= 0.3 is 5.69 Å². The fourth-order valence-corrected chi connectivity index (χ4v) is 5.60. The monoisotopic (exact) mass is 405 g/mol. The zero-order chi connectivity index (χ0) is 19.8. The summed E-state index contributed by atoms with van der Waals surface area (Å²) in [6.45, 7) is 3.53. The third-order valence-electron chi connectivity index (χ3n) is 5.82. The minimum atomic E-state index is -0.318. The molecule has 148 valence electrons. The maximum atomic E-state index is 12.6. The lowest BCUT2D eigenvalue weighted by Gasteiger charge is -2.26. The van der Waals surface area contributed by atoms with Crippen LogP contribution in [0, 0.1) is 0 Å². The largest absolute Gasteiger partial charge is 0.328 e. The van der Waals surface area contributed by atoms with Gasteiger partial charge in [-0.1, -0.05) is 30.3 Å². The van der Waals surface area contributed by atoms with Crippen LogP contribution in [0.4, 0.5) is 0 Å². The van der Waals surface area contributed by atoms with Crippen molar-refractivity contribution in [3.63, 3.8) is 0 Å². The van der Waals surface area contributed by atoms with Crippen molar-refractivity contribution in [2.24, 2.45) is 0 Å². The van der Waals surface area contributed by atoms with E-state index in [0.29, 0.717) is 17.4 Å². The van der Waals surface area contributed by atoms with Crippen LogP contribution in [0.3, 0.4) is 0 Å². The first-order valence-corrected chi connectivity index (χ1v) is 11.0. The van der Waals surface area contributed by atoms with Crippen molar-refractivity contribution in [2.45, 2.75) is 32.4 Å². The molecule has 0 atom stereocenters. The molecule has 6 heteroatoms. The van der Waals surface area contributed by atoms with E-state index >= 15 is 0 Å². The van der Waals surface area contributed by atoms with E-state index in [0.717, 1.165) is 38.9 Å². The molecule has 1 aliphatic heterocycles. The Morgan fingerprint density at radius 3 is 2.59 bits per heavy atom. The highest BCUT2D eigenvalue weighted by Gasteiger charge is 2.20. The van der Waals surface area contributed by atoms with Crippen LogP contribution in [0.1, 0.15) is 23.3 Å². The molecule has 2 aromatic carbocycles. The molecule has 1 N–H and O–H groups in total. The molecule has 1 aliphatic rings. The first-order valence-electron chi connectivity index (χ1n) is 10.1. The topological polar surface area (TPSA) is 58.1 Å². The van der Waals surface area contributed by atoms with Gasteiger partial charge in [-0.2, -0.15) is 0 Å². The van der Waals surface area contributed by atoms with Crippen LogP contribution >= 0.6 is 11.3 Å². The van der Waals surface area contributed by atoms with Gasteiger partial charge in [0.15, 0.2) is 0 Å². The van der Waals surface area contributed by atoms with E-state index in [1.807, 2.05) is 23.5 Å². The predicted octanol–water partition coefficient (Wildman–Crippen LogP) is 3.74. The Morgan fingerprint density at radius 2 is 1.69 bits per heavy atom. The van der Waals surface area contributed by atoms with E-state index in [1.165, 1.54) is 25.1 Å². The van der Waals surface area contributed by atoms with Gasteiger partial charge in [0.05, 0.1) is 10.9 Å². The number of nitrogens with one attached hydrogen (secondary N) is 1. The van der Waals surface area contributed by atoms with Crippen LogP contribution in [-0.4, -0.2) is 27.5 Å². The van der Waals surface area contributed by atoms with Gasteiger partial charge in [-0.25, -0.2) is 4.79 Å². The molecule has 2 aromatic heterocycles. The fraction of sp³-hybridized carbons (Fsp3) is 0.304. The summed E-state index contributed by atoms with van der Waals surface area (Å²) in [5.74, 6) is 0. The van der Waals surface area contributed by atoms with E-state index in [9.17, 15) is 9.59 Å². The van der Waals surface area contributed by atoms with Crippen molar-refractivity contribution in [1.82, 2.24) is 14.5 Å². The zero-order valence-corrected chi connectivity index (χ0v) is 17.0. The molecule has 0 aliphatic carbocycles. The normalized spacial score (nSPS) is 14.5.